The number of rotatable bonds is 4. The lowest BCUT2D eigenvalue weighted by Crippen LogP contribution is -2.27. The lowest BCUT2D eigenvalue weighted by Gasteiger charge is -2.10. The van der Waals surface area contributed by atoms with E-state index in [-0.39, 0.29) is 5.91 Å². The second-order valence-corrected chi connectivity index (χ2v) is 7.43. The van der Waals surface area contributed by atoms with Crippen LogP contribution in [0, 0.1) is 0 Å². The van der Waals surface area contributed by atoms with E-state index in [9.17, 15) is 4.79 Å². The number of benzene rings is 1. The molecule has 3 rings (SSSR count). The van der Waals surface area contributed by atoms with E-state index in [0.29, 0.717) is 42.9 Å². The lowest BCUT2D eigenvalue weighted by atomic mass is 10.2. The molecule has 0 aliphatic carbocycles. The largest absolute Gasteiger partial charge is 0.457 e. The van der Waals surface area contributed by atoms with Crippen LogP contribution in [0.5, 0.6) is 0 Å². The number of hydrogen-bond acceptors (Lipinski definition) is 4. The lowest BCUT2D eigenvalue weighted by molar-refractivity contribution is -0.121. The van der Waals surface area contributed by atoms with Gasteiger partial charge < -0.3 is 4.42 Å². The van der Waals surface area contributed by atoms with Crippen molar-refractivity contribution in [3.05, 3.63) is 63.7 Å². The van der Waals surface area contributed by atoms with Gasteiger partial charge in [0.05, 0.1) is 9.93 Å². The number of halogens is 2. The van der Waals surface area contributed by atoms with Gasteiger partial charge in [0.2, 0.25) is 0 Å². The number of nitrogens with zero attached hydrogens (tertiary/aromatic N) is 1. The summed E-state index contributed by atoms with van der Waals surface area (Å²) in [6, 6.07) is 8.71. The number of carbonyl (C=O) groups excluding carboxylic acids is 1. The van der Waals surface area contributed by atoms with E-state index < -0.39 is 0 Å². The predicted octanol–water partition coefficient (Wildman–Crippen LogP) is 5.64. The number of furan rings is 1. The summed E-state index contributed by atoms with van der Waals surface area (Å²) < 4.78 is 6.29. The molecule has 1 saturated heterocycles. The van der Waals surface area contributed by atoms with Crippen LogP contribution in [0.15, 0.2) is 52.3 Å². The topological polar surface area (TPSA) is 33.5 Å². The second kappa shape index (κ2) is 7.15. The Hall–Kier alpha value is -1.53. The minimum absolute atomic E-state index is 0.149. The SMILES string of the molecule is C=CCN1C(=O)C(=Cc2ccc(-c3cc(Cl)ccc3Cl)o2)SC1=S. The molecule has 24 heavy (non-hydrogen) atoms. The normalized spacial score (nSPS) is 16.2. The summed E-state index contributed by atoms with van der Waals surface area (Å²) in [6.45, 7) is 4.02. The third-order valence-corrected chi connectivity index (χ3v) is 5.22. The monoisotopic (exact) mass is 395 g/mol. The average Bonchev–Trinajstić information content (AvgIpc) is 3.11. The highest BCUT2D eigenvalue weighted by Crippen LogP contribution is 2.35. The van der Waals surface area contributed by atoms with Crippen molar-refractivity contribution in [2.45, 2.75) is 0 Å². The summed E-state index contributed by atoms with van der Waals surface area (Å²) in [7, 11) is 0. The fourth-order valence-corrected chi connectivity index (χ4v) is 3.82. The maximum atomic E-state index is 12.3. The Morgan fingerprint density at radius 2 is 2.08 bits per heavy atom. The van der Waals surface area contributed by atoms with Crippen LogP contribution in [0.3, 0.4) is 0 Å². The summed E-state index contributed by atoms with van der Waals surface area (Å²) in [5, 5.41) is 1.11. The van der Waals surface area contributed by atoms with Crippen molar-refractivity contribution in [2.75, 3.05) is 6.54 Å². The first-order valence-corrected chi connectivity index (χ1v) is 8.89. The first kappa shape index (κ1) is 17.3. The Kier molecular flexibility index (Phi) is 5.15. The molecule has 122 valence electrons. The molecule has 0 spiro atoms. The first-order valence-electron chi connectivity index (χ1n) is 6.91. The van der Waals surface area contributed by atoms with Crippen molar-refractivity contribution >= 4 is 63.5 Å². The van der Waals surface area contributed by atoms with Crippen LogP contribution in [0.1, 0.15) is 5.76 Å². The van der Waals surface area contributed by atoms with Gasteiger partial charge in [-0.3, -0.25) is 9.69 Å². The Bertz CT molecular complexity index is 873. The zero-order valence-electron chi connectivity index (χ0n) is 12.3. The molecule has 2 heterocycles. The molecule has 2 aromatic rings. The van der Waals surface area contributed by atoms with Crippen LogP contribution in [-0.4, -0.2) is 21.7 Å². The highest BCUT2D eigenvalue weighted by molar-refractivity contribution is 8.26. The standard InChI is InChI=1S/C17H11Cl2NO2S2/c1-2-7-20-16(21)15(24-17(20)23)9-11-4-6-14(22-11)12-8-10(18)3-5-13(12)19/h2-6,8-9H,1,7H2. The predicted molar refractivity (Wildman–Crippen MR) is 104 cm³/mol. The van der Waals surface area contributed by atoms with Gasteiger partial charge >= 0.3 is 0 Å². The Morgan fingerprint density at radius 3 is 2.83 bits per heavy atom. The molecule has 1 aliphatic rings. The minimum atomic E-state index is -0.149. The summed E-state index contributed by atoms with van der Waals surface area (Å²) in [5.74, 6) is 0.971. The van der Waals surface area contributed by atoms with Crippen molar-refractivity contribution in [2.24, 2.45) is 0 Å². The maximum absolute atomic E-state index is 12.3. The van der Waals surface area contributed by atoms with Crippen LogP contribution < -0.4 is 0 Å². The van der Waals surface area contributed by atoms with Gasteiger partial charge in [0.15, 0.2) is 0 Å². The summed E-state index contributed by atoms with van der Waals surface area (Å²) >= 11 is 18.6. The van der Waals surface area contributed by atoms with E-state index >= 15 is 0 Å². The summed E-state index contributed by atoms with van der Waals surface area (Å²) in [5.41, 5.74) is 0.697. The highest BCUT2D eigenvalue weighted by Gasteiger charge is 2.31. The molecule has 1 aromatic carbocycles. The first-order chi connectivity index (χ1) is 11.5. The van der Waals surface area contributed by atoms with Gasteiger partial charge in [0.1, 0.15) is 15.8 Å². The minimum Gasteiger partial charge on any atom is -0.457 e. The third kappa shape index (κ3) is 3.44. The van der Waals surface area contributed by atoms with Gasteiger partial charge in [-0.15, -0.1) is 6.58 Å². The van der Waals surface area contributed by atoms with E-state index in [0.717, 1.165) is 0 Å². The fraction of sp³-hybridized carbons (Fsp3) is 0.0588. The third-order valence-electron chi connectivity index (χ3n) is 3.28. The van der Waals surface area contributed by atoms with Crippen LogP contribution >= 0.6 is 47.2 Å². The fourth-order valence-electron chi connectivity index (χ4n) is 2.18. The van der Waals surface area contributed by atoms with Gasteiger partial charge in [0, 0.05) is 23.2 Å². The molecular formula is C17H11Cl2NO2S2. The number of thioether (sulfide) groups is 1. The number of amides is 1. The number of hydrogen-bond donors (Lipinski definition) is 0. The maximum Gasteiger partial charge on any atom is 0.266 e. The molecule has 1 fully saturated rings. The van der Waals surface area contributed by atoms with E-state index in [2.05, 4.69) is 6.58 Å². The molecule has 1 amide bonds. The number of thiocarbonyl (C=S) groups is 1. The van der Waals surface area contributed by atoms with Gasteiger partial charge in [-0.25, -0.2) is 0 Å². The van der Waals surface area contributed by atoms with Crippen LogP contribution in [0.4, 0.5) is 0 Å². The molecular weight excluding hydrogens is 385 g/mol. The average molecular weight is 396 g/mol. The van der Waals surface area contributed by atoms with Gasteiger partial charge in [-0.1, -0.05) is 53.3 Å². The van der Waals surface area contributed by atoms with Crippen LogP contribution in [-0.2, 0) is 4.79 Å². The Balaban J connectivity index is 1.89. The second-order valence-electron chi connectivity index (χ2n) is 4.91. The van der Waals surface area contributed by atoms with Crippen molar-refractivity contribution < 1.29 is 9.21 Å². The quantitative estimate of drug-likeness (QED) is 0.380. The van der Waals surface area contributed by atoms with Gasteiger partial charge in [0.25, 0.3) is 5.91 Å². The molecule has 0 atom stereocenters. The molecule has 3 nitrogen and oxygen atoms in total. The molecule has 0 radical (unpaired) electrons. The van der Waals surface area contributed by atoms with Gasteiger partial charge in [-0.2, -0.15) is 0 Å². The smallest absolute Gasteiger partial charge is 0.266 e. The summed E-state index contributed by atoms with van der Waals surface area (Å²) in [4.78, 5) is 14.3. The Labute approximate surface area is 158 Å². The molecule has 7 heteroatoms. The molecule has 1 aromatic heterocycles. The van der Waals surface area contributed by atoms with E-state index in [1.807, 2.05) is 0 Å². The molecule has 0 saturated carbocycles. The van der Waals surface area contributed by atoms with E-state index in [1.165, 1.54) is 16.7 Å². The molecule has 1 aliphatic heterocycles. The zero-order valence-corrected chi connectivity index (χ0v) is 15.4. The van der Waals surface area contributed by atoms with Crippen molar-refractivity contribution in [3.63, 3.8) is 0 Å². The van der Waals surface area contributed by atoms with Crippen molar-refractivity contribution in [3.8, 4) is 11.3 Å². The molecule has 0 N–H and O–H groups in total. The summed E-state index contributed by atoms with van der Waals surface area (Å²) in [6.07, 6.45) is 3.31. The number of carbonyl (C=O) groups is 1. The molecule has 0 bridgehead atoms. The van der Waals surface area contributed by atoms with Crippen molar-refractivity contribution in [1.29, 1.82) is 0 Å². The van der Waals surface area contributed by atoms with E-state index in [1.54, 1.807) is 42.5 Å². The Morgan fingerprint density at radius 1 is 1.29 bits per heavy atom. The van der Waals surface area contributed by atoms with Crippen LogP contribution in [0.2, 0.25) is 10.0 Å². The van der Waals surface area contributed by atoms with E-state index in [4.69, 9.17) is 39.8 Å². The van der Waals surface area contributed by atoms with Crippen molar-refractivity contribution in [1.82, 2.24) is 4.90 Å². The van der Waals surface area contributed by atoms with Gasteiger partial charge in [-0.05, 0) is 30.3 Å². The van der Waals surface area contributed by atoms with Crippen LogP contribution in [0.25, 0.3) is 17.4 Å². The molecule has 0 unspecified atom stereocenters. The zero-order chi connectivity index (χ0) is 17.3. The highest BCUT2D eigenvalue weighted by atomic mass is 35.5.